The fourth-order valence-corrected chi connectivity index (χ4v) is 5.37. The molecule has 228 valence electrons. The van der Waals surface area contributed by atoms with Gasteiger partial charge in [-0.3, -0.25) is 19.4 Å². The average Bonchev–Trinajstić information content (AvgIpc) is 3.58. The van der Waals surface area contributed by atoms with Crippen molar-refractivity contribution in [2.45, 2.75) is 26.9 Å². The molecule has 0 unspecified atom stereocenters. The lowest BCUT2D eigenvalue weighted by Gasteiger charge is -2.32. The van der Waals surface area contributed by atoms with E-state index in [1.807, 2.05) is 37.1 Å². The largest absolute Gasteiger partial charge is 0.364 e. The molecular weight excluding hydrogens is 604 g/mol. The van der Waals surface area contributed by atoms with Crippen LogP contribution >= 0.6 is 36.2 Å². The van der Waals surface area contributed by atoms with Crippen molar-refractivity contribution in [1.29, 1.82) is 0 Å². The first kappa shape index (κ1) is 34.9. The SMILES string of the molecule is CCNCCNC(=O)CN(CC(=O)N(C)N1Cc2ccc(F)cc2C1)c1ccc(-c2nc(C(N)=O)cs2)cc1C.Cl.Cl. The Balaban J connectivity index is 0.00000308. The number of nitrogens with zero attached hydrogens (tertiary/aromatic N) is 4. The molecule has 1 aliphatic heterocycles. The van der Waals surface area contributed by atoms with Gasteiger partial charge in [0.05, 0.1) is 13.1 Å². The highest BCUT2D eigenvalue weighted by Gasteiger charge is 2.27. The molecule has 0 atom stereocenters. The lowest BCUT2D eigenvalue weighted by molar-refractivity contribution is -0.145. The molecular formula is C28H36Cl2FN7O3S. The van der Waals surface area contributed by atoms with E-state index in [4.69, 9.17) is 5.73 Å². The van der Waals surface area contributed by atoms with Gasteiger partial charge < -0.3 is 21.3 Å². The molecule has 0 saturated heterocycles. The van der Waals surface area contributed by atoms with Crippen molar-refractivity contribution >= 4 is 59.6 Å². The number of likely N-dealkylation sites (N-methyl/N-ethyl adjacent to an activating group) is 2. The Morgan fingerprint density at radius 1 is 1.07 bits per heavy atom. The monoisotopic (exact) mass is 639 g/mol. The number of nitrogens with one attached hydrogen (secondary N) is 2. The van der Waals surface area contributed by atoms with Crippen LogP contribution in [0.4, 0.5) is 10.1 Å². The summed E-state index contributed by atoms with van der Waals surface area (Å²) in [5.41, 5.74) is 9.75. The van der Waals surface area contributed by atoms with Crippen molar-refractivity contribution in [3.05, 3.63) is 70.0 Å². The number of rotatable bonds is 12. The Hall–Kier alpha value is -3.29. The zero-order chi connectivity index (χ0) is 28.8. The summed E-state index contributed by atoms with van der Waals surface area (Å²) >= 11 is 1.32. The standard InChI is InChI=1S/C28H34FN7O3S.2ClH/c1-4-31-9-10-32-25(37)15-35(16-26(38)34(3)36-13-20-5-7-22(29)12-21(20)14-36)24-8-6-19(11-18(24)2)28-33-23(17-40-28)27(30)39;;/h5-8,11-12,17,31H,4,9-10,13-16H2,1-3H3,(H2,30,39)(H,32,37);2*1H. The Morgan fingerprint density at radius 3 is 2.48 bits per heavy atom. The van der Waals surface area contributed by atoms with Crippen LogP contribution in [0.25, 0.3) is 10.6 Å². The minimum Gasteiger partial charge on any atom is -0.364 e. The molecule has 0 spiro atoms. The normalized spacial score (nSPS) is 12.1. The van der Waals surface area contributed by atoms with Crippen molar-refractivity contribution in [2.75, 3.05) is 44.7 Å². The summed E-state index contributed by atoms with van der Waals surface area (Å²) in [6.07, 6.45) is 0. The van der Waals surface area contributed by atoms with E-state index in [0.717, 1.165) is 34.5 Å². The first-order valence-corrected chi connectivity index (χ1v) is 13.9. The predicted molar refractivity (Wildman–Crippen MR) is 167 cm³/mol. The van der Waals surface area contributed by atoms with Crippen LogP contribution in [-0.4, -0.2) is 72.5 Å². The lowest BCUT2D eigenvalue weighted by Crippen LogP contribution is -2.48. The number of benzene rings is 2. The highest BCUT2D eigenvalue weighted by Crippen LogP contribution is 2.30. The molecule has 10 nitrogen and oxygen atoms in total. The summed E-state index contributed by atoms with van der Waals surface area (Å²) < 4.78 is 13.7. The van der Waals surface area contributed by atoms with E-state index in [9.17, 15) is 18.8 Å². The quantitative estimate of drug-likeness (QED) is 0.260. The van der Waals surface area contributed by atoms with E-state index in [-0.39, 0.29) is 61.2 Å². The molecule has 14 heteroatoms. The molecule has 3 amide bonds. The number of amides is 3. The highest BCUT2D eigenvalue weighted by molar-refractivity contribution is 7.13. The van der Waals surface area contributed by atoms with Gasteiger partial charge >= 0.3 is 0 Å². The molecule has 2 heterocycles. The fourth-order valence-electron chi connectivity index (χ4n) is 4.57. The Labute approximate surface area is 261 Å². The van der Waals surface area contributed by atoms with Crippen molar-refractivity contribution in [3.8, 4) is 10.6 Å². The second-order valence-electron chi connectivity index (χ2n) is 9.62. The zero-order valence-corrected chi connectivity index (χ0v) is 26.1. The van der Waals surface area contributed by atoms with E-state index >= 15 is 0 Å². The number of halogens is 3. The van der Waals surface area contributed by atoms with Gasteiger partial charge in [-0.2, -0.15) is 0 Å². The molecule has 42 heavy (non-hydrogen) atoms. The highest BCUT2D eigenvalue weighted by atomic mass is 35.5. The fraction of sp³-hybridized carbons (Fsp3) is 0.357. The van der Waals surface area contributed by atoms with Crippen LogP contribution < -0.4 is 21.3 Å². The first-order valence-electron chi connectivity index (χ1n) is 13.0. The first-order chi connectivity index (χ1) is 19.2. The van der Waals surface area contributed by atoms with Gasteiger partial charge in [-0.05, 0) is 60.5 Å². The molecule has 0 radical (unpaired) electrons. The Morgan fingerprint density at radius 2 is 1.81 bits per heavy atom. The number of hydrogen-bond acceptors (Lipinski definition) is 8. The zero-order valence-electron chi connectivity index (χ0n) is 23.7. The van der Waals surface area contributed by atoms with Gasteiger partial charge in [-0.25, -0.2) is 14.4 Å². The van der Waals surface area contributed by atoms with Crippen molar-refractivity contribution in [3.63, 3.8) is 0 Å². The Bertz CT molecular complexity index is 1410. The van der Waals surface area contributed by atoms with Gasteiger partial charge in [0.1, 0.15) is 16.5 Å². The van der Waals surface area contributed by atoms with Crippen molar-refractivity contribution in [2.24, 2.45) is 5.73 Å². The average molecular weight is 641 g/mol. The maximum absolute atomic E-state index is 13.7. The van der Waals surface area contributed by atoms with Gasteiger partial charge in [0.25, 0.3) is 11.8 Å². The summed E-state index contributed by atoms with van der Waals surface area (Å²) in [6.45, 7) is 6.69. The third-order valence-corrected chi connectivity index (χ3v) is 7.63. The summed E-state index contributed by atoms with van der Waals surface area (Å²) in [4.78, 5) is 43.8. The smallest absolute Gasteiger partial charge is 0.268 e. The summed E-state index contributed by atoms with van der Waals surface area (Å²) in [5.74, 6) is -1.30. The molecule has 0 bridgehead atoms. The number of hydrogen-bond donors (Lipinski definition) is 3. The van der Waals surface area contributed by atoms with E-state index < -0.39 is 5.91 Å². The molecule has 1 aliphatic rings. The van der Waals surface area contributed by atoms with Gasteiger partial charge in [-0.15, -0.1) is 36.2 Å². The van der Waals surface area contributed by atoms with E-state index in [1.54, 1.807) is 28.4 Å². The number of fused-ring (bicyclic) bond motifs is 1. The number of thiazole rings is 1. The molecule has 4 N–H and O–H groups in total. The van der Waals surface area contributed by atoms with Gasteiger partial charge in [0, 0.05) is 49.9 Å². The number of hydrazine groups is 1. The van der Waals surface area contributed by atoms with E-state index in [2.05, 4.69) is 15.6 Å². The number of primary amides is 1. The molecule has 0 fully saturated rings. The van der Waals surface area contributed by atoms with Gasteiger partial charge in [0.15, 0.2) is 0 Å². The number of carbonyl (C=O) groups is 3. The lowest BCUT2D eigenvalue weighted by atomic mass is 10.1. The van der Waals surface area contributed by atoms with Crippen LogP contribution in [0.2, 0.25) is 0 Å². The number of aromatic nitrogens is 1. The predicted octanol–water partition coefficient (Wildman–Crippen LogP) is 3.12. The topological polar surface area (TPSA) is 124 Å². The molecule has 1 aromatic heterocycles. The van der Waals surface area contributed by atoms with Crippen LogP contribution in [0.5, 0.6) is 0 Å². The van der Waals surface area contributed by atoms with Gasteiger partial charge in [-0.1, -0.05) is 13.0 Å². The third kappa shape index (κ3) is 8.62. The molecule has 3 aromatic rings. The minimum atomic E-state index is -0.587. The summed E-state index contributed by atoms with van der Waals surface area (Å²) in [7, 11) is 1.69. The van der Waals surface area contributed by atoms with E-state index in [0.29, 0.717) is 31.2 Å². The summed E-state index contributed by atoms with van der Waals surface area (Å²) in [5, 5.41) is 11.7. The van der Waals surface area contributed by atoms with Crippen LogP contribution in [0, 0.1) is 12.7 Å². The van der Waals surface area contributed by atoms with Crippen LogP contribution in [0.15, 0.2) is 41.8 Å². The maximum Gasteiger partial charge on any atom is 0.268 e. The van der Waals surface area contributed by atoms with Crippen molar-refractivity contribution < 1.29 is 18.8 Å². The number of nitrogens with two attached hydrogens (primary N) is 1. The second kappa shape index (κ2) is 15.8. The van der Waals surface area contributed by atoms with Crippen LogP contribution in [-0.2, 0) is 22.7 Å². The van der Waals surface area contributed by atoms with Crippen molar-refractivity contribution in [1.82, 2.24) is 25.6 Å². The molecule has 4 rings (SSSR count). The molecule has 0 saturated carbocycles. The minimum absolute atomic E-state index is 0. The molecule has 2 aromatic carbocycles. The second-order valence-corrected chi connectivity index (χ2v) is 10.5. The van der Waals surface area contributed by atoms with Crippen LogP contribution in [0.3, 0.4) is 0 Å². The number of carbonyl (C=O) groups excluding carboxylic acids is 3. The Kier molecular flexibility index (Phi) is 13.1. The number of anilines is 1. The van der Waals surface area contributed by atoms with E-state index in [1.165, 1.54) is 23.5 Å². The third-order valence-electron chi connectivity index (χ3n) is 6.73. The van der Waals surface area contributed by atoms with Crippen LogP contribution in [0.1, 0.15) is 34.1 Å². The maximum atomic E-state index is 13.7. The summed E-state index contributed by atoms with van der Waals surface area (Å²) in [6, 6.07) is 10.3. The molecule has 0 aliphatic carbocycles. The number of aryl methyl sites for hydroxylation is 1. The van der Waals surface area contributed by atoms with Gasteiger partial charge in [0.2, 0.25) is 5.91 Å².